The quantitative estimate of drug-likeness (QED) is 0.637. The summed E-state index contributed by atoms with van der Waals surface area (Å²) in [6.07, 6.45) is -0.563. The molecule has 4 nitrogen and oxygen atoms in total. The molecule has 1 rings (SSSR count). The number of rotatable bonds is 7. The van der Waals surface area contributed by atoms with Gasteiger partial charge in [-0.05, 0) is 18.6 Å². The van der Waals surface area contributed by atoms with Crippen LogP contribution < -0.4 is 10.6 Å². The van der Waals surface area contributed by atoms with Crippen molar-refractivity contribution in [3.63, 3.8) is 0 Å². The van der Waals surface area contributed by atoms with E-state index in [2.05, 4.69) is 10.6 Å². The van der Waals surface area contributed by atoms with Gasteiger partial charge in [-0.25, -0.2) is 8.78 Å². The van der Waals surface area contributed by atoms with E-state index in [4.69, 9.17) is 5.11 Å². The van der Waals surface area contributed by atoms with E-state index in [0.29, 0.717) is 19.6 Å². The maximum Gasteiger partial charge on any atom is 0.224 e. The zero-order valence-electron chi connectivity index (χ0n) is 10.7. The van der Waals surface area contributed by atoms with Crippen molar-refractivity contribution in [1.29, 1.82) is 0 Å². The molecular weight excluding hydrogens is 254 g/mol. The summed E-state index contributed by atoms with van der Waals surface area (Å²) in [7, 11) is 0. The third-order valence-corrected chi connectivity index (χ3v) is 2.43. The minimum atomic E-state index is -0.720. The van der Waals surface area contributed by atoms with Gasteiger partial charge in [0.2, 0.25) is 5.91 Å². The van der Waals surface area contributed by atoms with E-state index in [-0.39, 0.29) is 17.9 Å². The molecular formula is C13H18F2N2O2. The van der Waals surface area contributed by atoms with Gasteiger partial charge >= 0.3 is 0 Å². The van der Waals surface area contributed by atoms with Gasteiger partial charge < -0.3 is 15.7 Å². The van der Waals surface area contributed by atoms with Crippen molar-refractivity contribution >= 4 is 5.91 Å². The fourth-order valence-corrected chi connectivity index (χ4v) is 1.50. The fraction of sp³-hybridized carbons (Fsp3) is 0.462. The lowest BCUT2D eigenvalue weighted by Gasteiger charge is -2.08. The molecule has 0 saturated heterocycles. The van der Waals surface area contributed by atoms with Crippen LogP contribution in [0.5, 0.6) is 0 Å². The summed E-state index contributed by atoms with van der Waals surface area (Å²) >= 11 is 0. The van der Waals surface area contributed by atoms with Crippen LogP contribution in [0.3, 0.4) is 0 Å². The van der Waals surface area contributed by atoms with Crippen LogP contribution in [0.2, 0.25) is 0 Å². The molecule has 1 amide bonds. The van der Waals surface area contributed by atoms with Crippen LogP contribution >= 0.6 is 0 Å². The number of carbonyl (C=O) groups is 1. The highest BCUT2D eigenvalue weighted by atomic mass is 19.1. The van der Waals surface area contributed by atoms with Gasteiger partial charge in [0, 0.05) is 25.7 Å². The van der Waals surface area contributed by atoms with Crippen LogP contribution in [0.1, 0.15) is 12.5 Å². The molecule has 0 aromatic heterocycles. The van der Waals surface area contributed by atoms with Crippen molar-refractivity contribution in [1.82, 2.24) is 10.6 Å². The van der Waals surface area contributed by atoms with Gasteiger partial charge in [-0.1, -0.05) is 6.07 Å². The Morgan fingerprint density at radius 1 is 1.37 bits per heavy atom. The molecule has 1 aromatic carbocycles. The number of aliphatic hydroxyl groups excluding tert-OH is 1. The number of nitrogens with one attached hydrogen (secondary N) is 2. The van der Waals surface area contributed by atoms with Crippen LogP contribution in [0, 0.1) is 11.6 Å². The van der Waals surface area contributed by atoms with Gasteiger partial charge in [-0.2, -0.15) is 0 Å². The van der Waals surface area contributed by atoms with Crippen LogP contribution in [0.4, 0.5) is 8.78 Å². The zero-order valence-corrected chi connectivity index (χ0v) is 10.7. The molecule has 0 bridgehead atoms. The number of amides is 1. The SMILES string of the molecule is CC(O)CNCCNC(=O)Cc1ccc(F)cc1F. The second kappa shape index (κ2) is 7.81. The first kappa shape index (κ1) is 15.5. The Hall–Kier alpha value is -1.53. The Balaban J connectivity index is 2.27. The van der Waals surface area contributed by atoms with E-state index in [1.54, 1.807) is 6.92 Å². The van der Waals surface area contributed by atoms with E-state index < -0.39 is 17.7 Å². The Labute approximate surface area is 110 Å². The van der Waals surface area contributed by atoms with Crippen LogP contribution in [0.25, 0.3) is 0 Å². The first-order valence-corrected chi connectivity index (χ1v) is 6.08. The monoisotopic (exact) mass is 272 g/mol. The largest absolute Gasteiger partial charge is 0.392 e. The number of benzene rings is 1. The standard InChI is InChI=1S/C13H18F2N2O2/c1-9(18)8-16-4-5-17-13(19)6-10-2-3-11(14)7-12(10)15/h2-3,7,9,16,18H,4-6,8H2,1H3,(H,17,19). The first-order valence-electron chi connectivity index (χ1n) is 6.08. The second-order valence-corrected chi connectivity index (χ2v) is 4.32. The van der Waals surface area contributed by atoms with E-state index in [1.165, 1.54) is 6.07 Å². The fourth-order valence-electron chi connectivity index (χ4n) is 1.50. The molecule has 0 aliphatic rings. The number of hydrogen-bond acceptors (Lipinski definition) is 3. The Morgan fingerprint density at radius 2 is 2.11 bits per heavy atom. The molecule has 0 spiro atoms. The predicted octanol–water partition coefficient (Wildman–Crippen LogP) is 0.594. The summed E-state index contributed by atoms with van der Waals surface area (Å²) in [6.45, 7) is 3.00. The maximum absolute atomic E-state index is 13.3. The van der Waals surface area contributed by atoms with Crippen molar-refractivity contribution in [2.45, 2.75) is 19.4 Å². The summed E-state index contributed by atoms with van der Waals surface area (Å²) in [6, 6.07) is 3.14. The smallest absolute Gasteiger partial charge is 0.224 e. The summed E-state index contributed by atoms with van der Waals surface area (Å²) in [5.74, 6) is -1.71. The average molecular weight is 272 g/mol. The Bertz CT molecular complexity index is 425. The third-order valence-electron chi connectivity index (χ3n) is 2.43. The topological polar surface area (TPSA) is 61.4 Å². The molecule has 0 saturated carbocycles. The van der Waals surface area contributed by atoms with Crippen molar-refractivity contribution in [2.75, 3.05) is 19.6 Å². The second-order valence-electron chi connectivity index (χ2n) is 4.32. The summed E-state index contributed by atoms with van der Waals surface area (Å²) in [5.41, 5.74) is 0.163. The van der Waals surface area contributed by atoms with Gasteiger partial charge in [0.25, 0.3) is 0 Å². The van der Waals surface area contributed by atoms with Crippen molar-refractivity contribution in [2.24, 2.45) is 0 Å². The van der Waals surface area contributed by atoms with Gasteiger partial charge in [0.15, 0.2) is 0 Å². The molecule has 0 aliphatic heterocycles. The van der Waals surface area contributed by atoms with Crippen LogP contribution in [-0.4, -0.2) is 36.8 Å². The van der Waals surface area contributed by atoms with Gasteiger partial charge in [0.05, 0.1) is 12.5 Å². The molecule has 106 valence electrons. The Morgan fingerprint density at radius 3 is 2.74 bits per heavy atom. The van der Waals surface area contributed by atoms with Gasteiger partial charge in [0.1, 0.15) is 11.6 Å². The zero-order chi connectivity index (χ0) is 14.3. The van der Waals surface area contributed by atoms with Crippen molar-refractivity contribution < 1.29 is 18.7 Å². The van der Waals surface area contributed by atoms with Crippen molar-refractivity contribution in [3.05, 3.63) is 35.4 Å². The number of halogens is 2. The van der Waals surface area contributed by atoms with E-state index in [1.807, 2.05) is 0 Å². The van der Waals surface area contributed by atoms with E-state index in [9.17, 15) is 13.6 Å². The van der Waals surface area contributed by atoms with Gasteiger partial charge in [-0.15, -0.1) is 0 Å². The number of carbonyl (C=O) groups excluding carboxylic acids is 1. The maximum atomic E-state index is 13.3. The van der Waals surface area contributed by atoms with E-state index in [0.717, 1.165) is 12.1 Å². The molecule has 19 heavy (non-hydrogen) atoms. The minimum absolute atomic E-state index is 0.123. The predicted molar refractivity (Wildman–Crippen MR) is 67.6 cm³/mol. The molecule has 1 unspecified atom stereocenters. The highest BCUT2D eigenvalue weighted by Crippen LogP contribution is 2.09. The summed E-state index contributed by atoms with van der Waals surface area (Å²) in [5, 5.41) is 14.5. The molecule has 6 heteroatoms. The molecule has 1 aromatic rings. The lowest BCUT2D eigenvalue weighted by atomic mass is 10.1. The molecule has 0 heterocycles. The summed E-state index contributed by atoms with van der Waals surface area (Å²) < 4.78 is 26.0. The molecule has 0 aliphatic carbocycles. The highest BCUT2D eigenvalue weighted by Gasteiger charge is 2.08. The summed E-state index contributed by atoms with van der Waals surface area (Å²) in [4.78, 5) is 11.5. The van der Waals surface area contributed by atoms with Gasteiger partial charge in [-0.3, -0.25) is 4.79 Å². The van der Waals surface area contributed by atoms with Crippen LogP contribution in [0.15, 0.2) is 18.2 Å². The molecule has 3 N–H and O–H groups in total. The Kier molecular flexibility index (Phi) is 6.38. The normalized spacial score (nSPS) is 12.2. The average Bonchev–Trinajstić information content (AvgIpc) is 2.32. The molecule has 0 fully saturated rings. The first-order chi connectivity index (χ1) is 8.99. The highest BCUT2D eigenvalue weighted by molar-refractivity contribution is 5.78. The third kappa shape index (κ3) is 6.26. The number of hydrogen-bond donors (Lipinski definition) is 3. The van der Waals surface area contributed by atoms with Crippen LogP contribution in [-0.2, 0) is 11.2 Å². The lowest BCUT2D eigenvalue weighted by Crippen LogP contribution is -2.35. The lowest BCUT2D eigenvalue weighted by molar-refractivity contribution is -0.120. The van der Waals surface area contributed by atoms with E-state index >= 15 is 0 Å². The number of aliphatic hydroxyl groups is 1. The molecule has 1 atom stereocenters. The molecule has 0 radical (unpaired) electrons. The van der Waals surface area contributed by atoms with Crippen molar-refractivity contribution in [3.8, 4) is 0 Å². The minimum Gasteiger partial charge on any atom is -0.392 e.